The summed E-state index contributed by atoms with van der Waals surface area (Å²) in [6.45, 7) is 2.19. The lowest BCUT2D eigenvalue weighted by atomic mass is 9.98. The van der Waals surface area contributed by atoms with Crippen molar-refractivity contribution in [2.75, 3.05) is 0 Å². The van der Waals surface area contributed by atoms with Gasteiger partial charge in [0.05, 0.1) is 17.1 Å². The van der Waals surface area contributed by atoms with Crippen LogP contribution in [-0.2, 0) is 11.3 Å². The molecule has 0 saturated heterocycles. The topological polar surface area (TPSA) is 118 Å². The molecule has 33 heavy (non-hydrogen) atoms. The molecule has 1 aromatic heterocycles. The summed E-state index contributed by atoms with van der Waals surface area (Å²) >= 11 is 6.42. The number of fused-ring (bicyclic) bond motifs is 1. The molecule has 0 spiro atoms. The van der Waals surface area contributed by atoms with Crippen LogP contribution < -0.4 is 11.1 Å². The second-order valence-electron chi connectivity index (χ2n) is 7.89. The van der Waals surface area contributed by atoms with E-state index >= 15 is 0 Å². The molecule has 1 aliphatic rings. The van der Waals surface area contributed by atoms with Crippen molar-refractivity contribution in [3.8, 4) is 11.1 Å². The van der Waals surface area contributed by atoms with Gasteiger partial charge in [0.1, 0.15) is 11.6 Å². The molecular formula is C25H22ClN3O4. The highest BCUT2D eigenvalue weighted by molar-refractivity contribution is 6.35. The number of aliphatic imine (C=N–C) groups is 1. The van der Waals surface area contributed by atoms with Crippen molar-refractivity contribution in [1.82, 2.24) is 5.32 Å². The molecule has 1 unspecified atom stereocenters. The standard InChI is InChI=1S/C25H22ClN3O4/c1-14-8-15(12-29-24(14)27)2-7-22(30)28-13-20-10-19-9-18(11-21(26)23(19)33-20)16-3-5-17(6-4-16)25(31)32/h2-7,9-12,14H,8,13H2,1H3,(H2,27,29)(H,28,30)(H,31,32)/b7-2+. The number of rotatable bonds is 6. The van der Waals surface area contributed by atoms with Crippen LogP contribution in [0, 0.1) is 5.92 Å². The number of nitrogens with one attached hydrogen (secondary N) is 1. The average Bonchev–Trinajstić information content (AvgIpc) is 3.22. The third-order valence-corrected chi connectivity index (χ3v) is 5.68. The number of hydrogen-bond donors (Lipinski definition) is 3. The van der Waals surface area contributed by atoms with Gasteiger partial charge in [-0.25, -0.2) is 9.79 Å². The van der Waals surface area contributed by atoms with Gasteiger partial charge in [0.25, 0.3) is 0 Å². The largest absolute Gasteiger partial charge is 0.478 e. The van der Waals surface area contributed by atoms with Gasteiger partial charge in [0.2, 0.25) is 5.91 Å². The fourth-order valence-corrected chi connectivity index (χ4v) is 3.81. The van der Waals surface area contributed by atoms with E-state index < -0.39 is 5.97 Å². The fourth-order valence-electron chi connectivity index (χ4n) is 3.55. The number of furan rings is 1. The van der Waals surface area contributed by atoms with E-state index in [1.54, 1.807) is 42.6 Å². The van der Waals surface area contributed by atoms with Gasteiger partial charge < -0.3 is 20.6 Å². The van der Waals surface area contributed by atoms with Crippen molar-refractivity contribution in [1.29, 1.82) is 0 Å². The maximum atomic E-state index is 12.2. The number of nitrogens with two attached hydrogens (primary N) is 1. The van der Waals surface area contributed by atoms with Crippen LogP contribution in [0.25, 0.3) is 22.1 Å². The molecule has 2 aromatic carbocycles. The number of carboxylic acids is 1. The number of benzene rings is 2. The molecule has 1 amide bonds. The molecule has 0 bridgehead atoms. The van der Waals surface area contributed by atoms with Gasteiger partial charge in [-0.3, -0.25) is 4.79 Å². The van der Waals surface area contributed by atoms with Gasteiger partial charge in [-0.1, -0.05) is 36.7 Å². The number of carboxylic acid groups (broad SMARTS) is 1. The molecule has 0 radical (unpaired) electrons. The molecule has 168 valence electrons. The molecule has 0 fully saturated rings. The number of amidine groups is 1. The summed E-state index contributed by atoms with van der Waals surface area (Å²) in [5.74, 6) is 0.0833. The number of aromatic carboxylic acids is 1. The zero-order valence-electron chi connectivity index (χ0n) is 17.8. The quantitative estimate of drug-likeness (QED) is 0.449. The van der Waals surface area contributed by atoms with E-state index in [9.17, 15) is 9.59 Å². The van der Waals surface area contributed by atoms with E-state index in [1.165, 1.54) is 6.08 Å². The maximum Gasteiger partial charge on any atom is 0.335 e. The molecular weight excluding hydrogens is 442 g/mol. The van der Waals surface area contributed by atoms with Crippen molar-refractivity contribution < 1.29 is 19.1 Å². The Balaban J connectivity index is 1.45. The number of nitrogens with zero attached hydrogens (tertiary/aromatic N) is 1. The first-order valence-electron chi connectivity index (χ1n) is 10.3. The second kappa shape index (κ2) is 9.34. The molecule has 0 aliphatic carbocycles. The second-order valence-corrected chi connectivity index (χ2v) is 8.29. The van der Waals surface area contributed by atoms with E-state index in [4.69, 9.17) is 26.9 Å². The van der Waals surface area contributed by atoms with Crippen LogP contribution in [0.4, 0.5) is 0 Å². The first-order valence-corrected chi connectivity index (χ1v) is 10.7. The van der Waals surface area contributed by atoms with E-state index in [1.807, 2.05) is 19.1 Å². The lowest BCUT2D eigenvalue weighted by Crippen LogP contribution is -2.23. The Kier molecular flexibility index (Phi) is 6.33. The number of carbonyl (C=O) groups is 2. The van der Waals surface area contributed by atoms with E-state index in [0.29, 0.717) is 22.2 Å². The van der Waals surface area contributed by atoms with Crippen LogP contribution >= 0.6 is 11.6 Å². The minimum Gasteiger partial charge on any atom is -0.478 e. The zero-order chi connectivity index (χ0) is 23.5. The molecule has 4 N–H and O–H groups in total. The van der Waals surface area contributed by atoms with Crippen LogP contribution in [0.15, 0.2) is 75.8 Å². The van der Waals surface area contributed by atoms with Gasteiger partial charge in [-0.15, -0.1) is 0 Å². The van der Waals surface area contributed by atoms with Crippen LogP contribution in [0.2, 0.25) is 5.02 Å². The number of hydrogen-bond acceptors (Lipinski definition) is 5. The Hall–Kier alpha value is -3.84. The smallest absolute Gasteiger partial charge is 0.335 e. The summed E-state index contributed by atoms with van der Waals surface area (Å²) in [7, 11) is 0. The third kappa shape index (κ3) is 5.15. The first-order chi connectivity index (χ1) is 15.8. The van der Waals surface area contributed by atoms with Crippen molar-refractivity contribution in [2.45, 2.75) is 19.9 Å². The monoisotopic (exact) mass is 463 g/mol. The summed E-state index contributed by atoms with van der Waals surface area (Å²) < 4.78 is 5.82. The zero-order valence-corrected chi connectivity index (χ0v) is 18.6. The van der Waals surface area contributed by atoms with Crippen molar-refractivity contribution >= 4 is 40.3 Å². The minimum atomic E-state index is -0.977. The number of carbonyl (C=O) groups excluding carboxylic acids is 1. The summed E-state index contributed by atoms with van der Waals surface area (Å²) in [5, 5.41) is 13.1. The lowest BCUT2D eigenvalue weighted by Gasteiger charge is -2.14. The van der Waals surface area contributed by atoms with Crippen LogP contribution in [-0.4, -0.2) is 22.8 Å². The average molecular weight is 464 g/mol. The van der Waals surface area contributed by atoms with Crippen LogP contribution in [0.5, 0.6) is 0 Å². The van der Waals surface area contributed by atoms with Gasteiger partial charge in [0.15, 0.2) is 5.58 Å². The molecule has 2 heterocycles. The fraction of sp³-hybridized carbons (Fsp3) is 0.160. The predicted molar refractivity (Wildman–Crippen MR) is 128 cm³/mol. The normalized spacial score (nSPS) is 16.0. The summed E-state index contributed by atoms with van der Waals surface area (Å²) in [5.41, 5.74) is 9.12. The Labute approximate surface area is 195 Å². The Morgan fingerprint density at radius 3 is 2.70 bits per heavy atom. The molecule has 8 heteroatoms. The number of amides is 1. The van der Waals surface area contributed by atoms with E-state index in [-0.39, 0.29) is 23.9 Å². The summed E-state index contributed by atoms with van der Waals surface area (Å²) in [6, 6.07) is 12.1. The molecule has 1 atom stereocenters. The number of allylic oxidation sites excluding steroid dienone is 2. The molecule has 3 aromatic rings. The van der Waals surface area contributed by atoms with Gasteiger partial charge in [0, 0.05) is 23.6 Å². The van der Waals surface area contributed by atoms with Gasteiger partial charge >= 0.3 is 5.97 Å². The van der Waals surface area contributed by atoms with E-state index in [2.05, 4.69) is 10.3 Å². The Morgan fingerprint density at radius 1 is 1.24 bits per heavy atom. The van der Waals surface area contributed by atoms with Gasteiger partial charge in [-0.2, -0.15) is 0 Å². The Bertz CT molecular complexity index is 1320. The first kappa shape index (κ1) is 22.4. The molecule has 0 saturated carbocycles. The van der Waals surface area contributed by atoms with Crippen molar-refractivity contribution in [3.63, 3.8) is 0 Å². The SMILES string of the molecule is CC1CC(/C=C/C(=O)NCc2cc3cc(-c4ccc(C(=O)O)cc4)cc(Cl)c3o2)=CN=C1N. The predicted octanol–water partition coefficient (Wildman–Crippen LogP) is 4.90. The third-order valence-electron chi connectivity index (χ3n) is 5.40. The number of halogens is 1. The highest BCUT2D eigenvalue weighted by atomic mass is 35.5. The van der Waals surface area contributed by atoms with Crippen molar-refractivity contribution in [3.05, 3.63) is 82.7 Å². The highest BCUT2D eigenvalue weighted by Crippen LogP contribution is 2.33. The molecule has 4 rings (SSSR count). The van der Waals surface area contributed by atoms with E-state index in [0.717, 1.165) is 28.5 Å². The van der Waals surface area contributed by atoms with Gasteiger partial charge in [-0.05, 0) is 53.5 Å². The molecule has 1 aliphatic heterocycles. The lowest BCUT2D eigenvalue weighted by molar-refractivity contribution is -0.116. The van der Waals surface area contributed by atoms with Crippen molar-refractivity contribution in [2.24, 2.45) is 16.6 Å². The van der Waals surface area contributed by atoms with Crippen LogP contribution in [0.3, 0.4) is 0 Å². The van der Waals surface area contributed by atoms with Crippen LogP contribution in [0.1, 0.15) is 29.5 Å². The Morgan fingerprint density at radius 2 is 2.00 bits per heavy atom. The molecule has 7 nitrogen and oxygen atoms in total. The maximum absolute atomic E-state index is 12.2. The summed E-state index contributed by atoms with van der Waals surface area (Å²) in [6.07, 6.45) is 5.61. The summed E-state index contributed by atoms with van der Waals surface area (Å²) in [4.78, 5) is 27.4. The minimum absolute atomic E-state index is 0.151. The highest BCUT2D eigenvalue weighted by Gasteiger charge is 2.13.